The van der Waals surface area contributed by atoms with Gasteiger partial charge in [0.15, 0.2) is 0 Å². The molecule has 3 nitrogen and oxygen atoms in total. The zero-order chi connectivity index (χ0) is 13.0. The number of nitrogens with zero attached hydrogens (tertiary/aromatic N) is 1. The second kappa shape index (κ2) is 6.16. The lowest BCUT2D eigenvalue weighted by molar-refractivity contribution is 0.431. The van der Waals surface area contributed by atoms with Gasteiger partial charge >= 0.3 is 0 Å². The molecule has 2 rings (SSSR count). The quantitative estimate of drug-likeness (QED) is 0.660. The summed E-state index contributed by atoms with van der Waals surface area (Å²) in [5.41, 5.74) is 2.03. The fourth-order valence-electron chi connectivity index (χ4n) is 1.41. The van der Waals surface area contributed by atoms with Gasteiger partial charge in [-0.15, -0.1) is 0 Å². The van der Waals surface area contributed by atoms with Crippen LogP contribution in [0.25, 0.3) is 0 Å². The van der Waals surface area contributed by atoms with Crippen LogP contribution < -0.4 is 5.32 Å². The minimum atomic E-state index is 0.739. The number of thioether (sulfide) groups is 1. The molecule has 0 amide bonds. The van der Waals surface area contributed by atoms with Crippen LogP contribution in [-0.2, 0) is 0 Å². The van der Waals surface area contributed by atoms with Crippen LogP contribution in [0.2, 0.25) is 5.02 Å². The van der Waals surface area contributed by atoms with Gasteiger partial charge in [-0.2, -0.15) is 0 Å². The van der Waals surface area contributed by atoms with Crippen molar-refractivity contribution < 1.29 is 4.42 Å². The van der Waals surface area contributed by atoms with Crippen molar-refractivity contribution in [2.75, 3.05) is 17.6 Å². The summed E-state index contributed by atoms with van der Waals surface area (Å²) in [6.45, 7) is 4.74. The SMILES string of the molecule is Cc1nc(SCCNc2ccc(Cl)cc2)oc1C. The van der Waals surface area contributed by atoms with E-state index in [0.29, 0.717) is 0 Å². The van der Waals surface area contributed by atoms with Crippen molar-refractivity contribution in [3.63, 3.8) is 0 Å². The number of oxazole rings is 1. The average Bonchev–Trinajstić information content (AvgIpc) is 2.67. The van der Waals surface area contributed by atoms with E-state index < -0.39 is 0 Å². The van der Waals surface area contributed by atoms with E-state index in [1.54, 1.807) is 11.8 Å². The number of anilines is 1. The fraction of sp³-hybridized carbons (Fsp3) is 0.308. The van der Waals surface area contributed by atoms with Crippen LogP contribution in [0.1, 0.15) is 11.5 Å². The summed E-state index contributed by atoms with van der Waals surface area (Å²) in [6, 6.07) is 7.68. The second-order valence-corrected chi connectivity index (χ2v) is 5.39. The molecule has 0 spiro atoms. The zero-order valence-corrected chi connectivity index (χ0v) is 11.9. The zero-order valence-electron chi connectivity index (χ0n) is 10.4. The normalized spacial score (nSPS) is 10.6. The van der Waals surface area contributed by atoms with E-state index in [0.717, 1.165) is 39.7 Å². The topological polar surface area (TPSA) is 38.1 Å². The highest BCUT2D eigenvalue weighted by molar-refractivity contribution is 7.99. The second-order valence-electron chi connectivity index (χ2n) is 3.90. The molecular weight excluding hydrogens is 268 g/mol. The first-order valence-electron chi connectivity index (χ1n) is 5.71. The molecule has 0 fully saturated rings. The van der Waals surface area contributed by atoms with Gasteiger partial charge in [0, 0.05) is 23.0 Å². The van der Waals surface area contributed by atoms with Crippen molar-refractivity contribution in [1.29, 1.82) is 0 Å². The summed E-state index contributed by atoms with van der Waals surface area (Å²) in [5, 5.41) is 4.80. The van der Waals surface area contributed by atoms with Crippen molar-refractivity contribution in [2.45, 2.75) is 19.1 Å². The van der Waals surface area contributed by atoms with Gasteiger partial charge in [0.1, 0.15) is 5.76 Å². The first kappa shape index (κ1) is 13.3. The van der Waals surface area contributed by atoms with Gasteiger partial charge in [-0.3, -0.25) is 0 Å². The molecule has 1 aromatic heterocycles. The Labute approximate surface area is 116 Å². The van der Waals surface area contributed by atoms with Gasteiger partial charge in [-0.25, -0.2) is 4.98 Å². The van der Waals surface area contributed by atoms with Crippen LogP contribution >= 0.6 is 23.4 Å². The Kier molecular flexibility index (Phi) is 4.55. The van der Waals surface area contributed by atoms with Crippen molar-refractivity contribution in [3.8, 4) is 0 Å². The van der Waals surface area contributed by atoms with Gasteiger partial charge in [0.25, 0.3) is 5.22 Å². The number of nitrogens with one attached hydrogen (secondary N) is 1. The van der Waals surface area contributed by atoms with E-state index in [4.69, 9.17) is 16.0 Å². The molecule has 96 valence electrons. The molecule has 0 atom stereocenters. The molecule has 0 unspecified atom stereocenters. The summed E-state index contributed by atoms with van der Waals surface area (Å²) in [4.78, 5) is 4.32. The van der Waals surface area contributed by atoms with Gasteiger partial charge in [-0.1, -0.05) is 23.4 Å². The Morgan fingerprint density at radius 1 is 1.28 bits per heavy atom. The Morgan fingerprint density at radius 3 is 2.61 bits per heavy atom. The molecule has 0 radical (unpaired) electrons. The maximum absolute atomic E-state index is 5.82. The van der Waals surface area contributed by atoms with E-state index in [-0.39, 0.29) is 0 Å². The molecule has 0 bridgehead atoms. The van der Waals surface area contributed by atoms with E-state index >= 15 is 0 Å². The molecular formula is C13H15ClN2OS. The number of hydrogen-bond donors (Lipinski definition) is 1. The highest BCUT2D eigenvalue weighted by Gasteiger charge is 2.05. The van der Waals surface area contributed by atoms with E-state index in [1.165, 1.54) is 0 Å². The van der Waals surface area contributed by atoms with E-state index in [9.17, 15) is 0 Å². The number of rotatable bonds is 5. The van der Waals surface area contributed by atoms with Crippen LogP contribution in [0.3, 0.4) is 0 Å². The van der Waals surface area contributed by atoms with Gasteiger partial charge in [0.05, 0.1) is 5.69 Å². The number of aromatic nitrogens is 1. The molecule has 5 heteroatoms. The number of hydrogen-bond acceptors (Lipinski definition) is 4. The summed E-state index contributed by atoms with van der Waals surface area (Å²) < 4.78 is 5.49. The maximum Gasteiger partial charge on any atom is 0.256 e. The van der Waals surface area contributed by atoms with Gasteiger partial charge < -0.3 is 9.73 Å². The van der Waals surface area contributed by atoms with Crippen LogP contribution in [-0.4, -0.2) is 17.3 Å². The number of halogens is 1. The minimum absolute atomic E-state index is 0.739. The van der Waals surface area contributed by atoms with Gasteiger partial charge in [-0.05, 0) is 38.1 Å². The largest absolute Gasteiger partial charge is 0.437 e. The highest BCUT2D eigenvalue weighted by Crippen LogP contribution is 2.20. The van der Waals surface area contributed by atoms with Crippen molar-refractivity contribution >= 4 is 29.1 Å². The Balaban J connectivity index is 1.74. The molecule has 1 heterocycles. The third kappa shape index (κ3) is 3.68. The lowest BCUT2D eigenvalue weighted by atomic mass is 10.3. The Hall–Kier alpha value is -1.13. The van der Waals surface area contributed by atoms with Gasteiger partial charge in [0.2, 0.25) is 0 Å². The third-order valence-electron chi connectivity index (χ3n) is 2.51. The first-order chi connectivity index (χ1) is 8.65. The third-order valence-corrected chi connectivity index (χ3v) is 3.59. The Morgan fingerprint density at radius 2 is 2.00 bits per heavy atom. The monoisotopic (exact) mass is 282 g/mol. The molecule has 0 aliphatic carbocycles. The molecule has 0 aliphatic rings. The molecule has 2 aromatic rings. The molecule has 1 aromatic carbocycles. The van der Waals surface area contributed by atoms with Crippen molar-refractivity contribution in [2.24, 2.45) is 0 Å². The number of benzene rings is 1. The summed E-state index contributed by atoms with van der Waals surface area (Å²) in [5.74, 6) is 1.80. The molecule has 18 heavy (non-hydrogen) atoms. The molecule has 1 N–H and O–H groups in total. The van der Waals surface area contributed by atoms with Crippen LogP contribution in [0.5, 0.6) is 0 Å². The van der Waals surface area contributed by atoms with Crippen LogP contribution in [0.15, 0.2) is 33.9 Å². The van der Waals surface area contributed by atoms with E-state index in [1.807, 2.05) is 38.1 Å². The predicted molar refractivity (Wildman–Crippen MR) is 76.6 cm³/mol. The minimum Gasteiger partial charge on any atom is -0.437 e. The smallest absolute Gasteiger partial charge is 0.256 e. The first-order valence-corrected chi connectivity index (χ1v) is 7.08. The predicted octanol–water partition coefficient (Wildman–Crippen LogP) is 4.15. The molecule has 0 saturated heterocycles. The molecule has 0 saturated carbocycles. The van der Waals surface area contributed by atoms with E-state index in [2.05, 4.69) is 10.3 Å². The maximum atomic E-state index is 5.82. The molecule has 0 aliphatic heterocycles. The standard InChI is InChI=1S/C13H15ClN2OS/c1-9-10(2)17-13(16-9)18-8-7-15-12-5-3-11(14)4-6-12/h3-6,15H,7-8H2,1-2H3. The van der Waals surface area contributed by atoms with Crippen molar-refractivity contribution in [3.05, 3.63) is 40.7 Å². The van der Waals surface area contributed by atoms with Crippen LogP contribution in [0.4, 0.5) is 5.69 Å². The summed E-state index contributed by atoms with van der Waals surface area (Å²) in [7, 11) is 0. The number of aryl methyl sites for hydroxylation is 2. The Bertz CT molecular complexity index is 491. The lowest BCUT2D eigenvalue weighted by Crippen LogP contribution is -2.03. The summed E-state index contributed by atoms with van der Waals surface area (Å²) >= 11 is 7.43. The van der Waals surface area contributed by atoms with Crippen molar-refractivity contribution in [1.82, 2.24) is 4.98 Å². The fourth-order valence-corrected chi connectivity index (χ4v) is 2.30. The average molecular weight is 283 g/mol. The lowest BCUT2D eigenvalue weighted by Gasteiger charge is -2.04. The summed E-state index contributed by atoms with van der Waals surface area (Å²) in [6.07, 6.45) is 0. The van der Waals surface area contributed by atoms with Crippen LogP contribution in [0, 0.1) is 13.8 Å². The highest BCUT2D eigenvalue weighted by atomic mass is 35.5.